The van der Waals surface area contributed by atoms with Crippen molar-refractivity contribution < 1.29 is 118 Å². The Labute approximate surface area is 171 Å². The van der Waals surface area contributed by atoms with Gasteiger partial charge in [0.15, 0.2) is 0 Å². The van der Waals surface area contributed by atoms with Crippen molar-refractivity contribution in [3.8, 4) is 0 Å². The van der Waals surface area contributed by atoms with Crippen LogP contribution in [0.2, 0.25) is 0 Å². The Balaban J connectivity index is -0.0000000277. The molecule has 0 aromatic carbocycles. The minimum absolute atomic E-state index is 0. The van der Waals surface area contributed by atoms with Crippen LogP contribution in [0, 0.1) is 0 Å². The number of hydrogen-bond donors (Lipinski definition) is 3. The minimum atomic E-state index is -1.22. The van der Waals surface area contributed by atoms with Gasteiger partial charge in [-0.2, -0.15) is 0 Å². The molecule has 9 nitrogen and oxygen atoms in total. The zero-order valence-electron chi connectivity index (χ0n) is 10.8. The van der Waals surface area contributed by atoms with E-state index in [-0.39, 0.29) is 108 Å². The quantitative estimate of drug-likeness (QED) is 0.422. The largest absolute Gasteiger partial charge is 1.00 e. The molecule has 0 fully saturated rings. The Bertz CT molecular complexity index is 174. The van der Waals surface area contributed by atoms with Crippen molar-refractivity contribution in [3.63, 3.8) is 0 Å². The van der Waals surface area contributed by atoms with Gasteiger partial charge in [-0.15, -0.1) is 0 Å². The molecular weight excluding hydrogens is 279 g/mol. The molecule has 0 aromatic rings. The summed E-state index contributed by atoms with van der Waals surface area (Å²) in [6, 6.07) is 0. The summed E-state index contributed by atoms with van der Waals surface area (Å²) in [4.78, 5) is 27.4. The summed E-state index contributed by atoms with van der Waals surface area (Å²) in [5.74, 6) is -3.65. The molecule has 0 unspecified atom stereocenters. The average molecular weight is 291 g/mol. The summed E-state index contributed by atoms with van der Waals surface area (Å²) < 4.78 is 0. The molecule has 18 heavy (non-hydrogen) atoms. The molecule has 0 spiro atoms. The molecule has 0 aliphatic heterocycles. The van der Waals surface area contributed by atoms with Gasteiger partial charge in [0.05, 0.1) is 17.9 Å². The fourth-order valence-electron chi connectivity index (χ4n) is 0. The number of nitrogens with two attached hydrogens (primary N) is 3. The van der Waals surface area contributed by atoms with Gasteiger partial charge >= 0.3 is 88.7 Å². The molecule has 0 radical (unpaired) electrons. The number of aliphatic carboxylic acids is 3. The average Bonchev–Trinajstić information content (AvgIpc) is 2.19. The van der Waals surface area contributed by atoms with Gasteiger partial charge in [-0.25, -0.2) is 0 Å². The van der Waals surface area contributed by atoms with Crippen LogP contribution in [0.3, 0.4) is 0 Å². The molecule has 0 aliphatic rings. The fourth-order valence-corrected chi connectivity index (χ4v) is 0. The van der Waals surface area contributed by atoms with E-state index in [9.17, 15) is 0 Å². The van der Waals surface area contributed by atoms with Crippen LogP contribution < -0.4 is 121 Å². The Morgan fingerprint density at radius 1 is 0.611 bits per heavy atom. The summed E-state index contributed by atoms with van der Waals surface area (Å²) in [6.07, 6.45) is 0. The molecular formula is C6H12N3Na3O6. The first-order valence-electron chi connectivity index (χ1n) is 3.51. The van der Waals surface area contributed by atoms with Gasteiger partial charge < -0.3 is 46.9 Å². The van der Waals surface area contributed by atoms with Crippen molar-refractivity contribution >= 4 is 17.9 Å². The second kappa shape index (κ2) is 31.0. The van der Waals surface area contributed by atoms with E-state index in [1.165, 1.54) is 0 Å². The van der Waals surface area contributed by atoms with E-state index >= 15 is 0 Å². The summed E-state index contributed by atoms with van der Waals surface area (Å²) in [7, 11) is 0. The van der Waals surface area contributed by atoms with Crippen LogP contribution in [0.15, 0.2) is 0 Å². The molecule has 0 bridgehead atoms. The second-order valence-corrected chi connectivity index (χ2v) is 1.73. The molecule has 0 saturated heterocycles. The number of rotatable bonds is 3. The molecule has 0 heterocycles. The van der Waals surface area contributed by atoms with Crippen LogP contribution in [0.1, 0.15) is 0 Å². The second-order valence-electron chi connectivity index (χ2n) is 1.73. The topological polar surface area (TPSA) is 198 Å². The Morgan fingerprint density at radius 3 is 0.667 bits per heavy atom. The predicted octanol–water partition coefficient (Wildman–Crippen LogP) is -15.9. The molecule has 0 saturated carbocycles. The number of carbonyl (C=O) groups excluding carboxylic acids is 3. The van der Waals surface area contributed by atoms with Crippen LogP contribution >= 0.6 is 0 Å². The van der Waals surface area contributed by atoms with E-state index in [0.717, 1.165) is 0 Å². The first kappa shape index (κ1) is 36.5. The maximum absolute atomic E-state index is 9.13. The van der Waals surface area contributed by atoms with E-state index in [1.54, 1.807) is 0 Å². The molecule has 0 aliphatic carbocycles. The summed E-state index contributed by atoms with van der Waals surface area (Å²) in [6.45, 7) is -1.17. The van der Waals surface area contributed by atoms with Gasteiger partial charge in [-0.3, -0.25) is 0 Å². The third kappa shape index (κ3) is 86.3. The zero-order chi connectivity index (χ0) is 12.9. The van der Waals surface area contributed by atoms with Crippen LogP contribution in [0.5, 0.6) is 0 Å². The van der Waals surface area contributed by atoms with E-state index in [4.69, 9.17) is 29.7 Å². The van der Waals surface area contributed by atoms with Crippen LogP contribution in [-0.4, -0.2) is 37.5 Å². The van der Waals surface area contributed by atoms with Crippen molar-refractivity contribution in [1.29, 1.82) is 0 Å². The first-order valence-corrected chi connectivity index (χ1v) is 3.51. The van der Waals surface area contributed by atoms with Crippen molar-refractivity contribution in [1.82, 2.24) is 0 Å². The molecule has 90 valence electrons. The van der Waals surface area contributed by atoms with Crippen molar-refractivity contribution in [2.45, 2.75) is 0 Å². The van der Waals surface area contributed by atoms with Crippen molar-refractivity contribution in [2.24, 2.45) is 17.2 Å². The first-order chi connectivity index (χ1) is 6.81. The zero-order valence-corrected chi connectivity index (χ0v) is 16.8. The van der Waals surface area contributed by atoms with Gasteiger partial charge in [-0.05, 0) is 0 Å². The fraction of sp³-hybridized carbons (Fsp3) is 0.500. The summed E-state index contributed by atoms with van der Waals surface area (Å²) in [5.41, 5.74) is 13.5. The van der Waals surface area contributed by atoms with E-state index < -0.39 is 17.9 Å². The molecule has 0 amide bonds. The van der Waals surface area contributed by atoms with E-state index in [1.807, 2.05) is 0 Å². The van der Waals surface area contributed by atoms with Gasteiger partial charge in [0, 0.05) is 19.6 Å². The molecule has 12 heteroatoms. The SMILES string of the molecule is NCC(=O)[O-].NCC(=O)[O-].NCC(=O)[O-].[Na+].[Na+].[Na+]. The maximum atomic E-state index is 9.13. The summed E-state index contributed by atoms with van der Waals surface area (Å²) >= 11 is 0. The predicted molar refractivity (Wildman–Crippen MR) is 42.2 cm³/mol. The van der Waals surface area contributed by atoms with Gasteiger partial charge in [0.1, 0.15) is 0 Å². The van der Waals surface area contributed by atoms with Crippen molar-refractivity contribution in [3.05, 3.63) is 0 Å². The Kier molecular flexibility index (Phi) is 62.8. The third-order valence-corrected chi connectivity index (χ3v) is 0.500. The standard InChI is InChI=1S/3C2H5NO2.3Na/c3*3-1-2(4)5;;;/h3*1,3H2,(H,4,5);;;/q;;;3*+1/p-3. The van der Waals surface area contributed by atoms with Gasteiger partial charge in [0.25, 0.3) is 0 Å². The Morgan fingerprint density at radius 2 is 0.667 bits per heavy atom. The maximum Gasteiger partial charge on any atom is 1.00 e. The molecule has 6 N–H and O–H groups in total. The monoisotopic (exact) mass is 291 g/mol. The van der Waals surface area contributed by atoms with Crippen LogP contribution in [-0.2, 0) is 14.4 Å². The van der Waals surface area contributed by atoms with Gasteiger partial charge in [-0.1, -0.05) is 0 Å². The Hall–Kier alpha value is 1.29. The number of hydrogen-bond acceptors (Lipinski definition) is 9. The van der Waals surface area contributed by atoms with Crippen LogP contribution in [0.4, 0.5) is 0 Å². The van der Waals surface area contributed by atoms with Crippen molar-refractivity contribution in [2.75, 3.05) is 19.6 Å². The molecule has 0 rings (SSSR count). The van der Waals surface area contributed by atoms with E-state index in [0.29, 0.717) is 0 Å². The number of carboxylic acid groups (broad SMARTS) is 3. The van der Waals surface area contributed by atoms with Gasteiger partial charge in [0.2, 0.25) is 0 Å². The third-order valence-electron chi connectivity index (χ3n) is 0.500. The van der Waals surface area contributed by atoms with Crippen LogP contribution in [0.25, 0.3) is 0 Å². The van der Waals surface area contributed by atoms with E-state index in [2.05, 4.69) is 17.2 Å². The smallest absolute Gasteiger partial charge is 0.549 e. The minimum Gasteiger partial charge on any atom is -0.549 e. The summed E-state index contributed by atoms with van der Waals surface area (Å²) in [5, 5.41) is 27.4. The normalized spacial score (nSPS) is 6.17. The molecule has 0 aromatic heterocycles. The molecule has 0 atom stereocenters. The number of carbonyl (C=O) groups is 3. The number of carboxylic acids is 3.